The van der Waals surface area contributed by atoms with Crippen LogP contribution in [0.15, 0.2) is 0 Å². The van der Waals surface area contributed by atoms with Crippen LogP contribution in [0.1, 0.15) is 19.3 Å². The Morgan fingerprint density at radius 1 is 0.923 bits per heavy atom. The van der Waals surface area contributed by atoms with Gasteiger partial charge in [-0.2, -0.15) is 0 Å². The third-order valence-corrected chi connectivity index (χ3v) is 3.19. The zero-order chi connectivity index (χ0) is 9.26. The molecule has 2 rings (SSSR count). The summed E-state index contributed by atoms with van der Waals surface area (Å²) in [5.74, 6) is 0.806. The average molecular weight is 184 g/mol. The van der Waals surface area contributed by atoms with Gasteiger partial charge in [0.2, 0.25) is 0 Å². The maximum atomic E-state index is 10.2. The van der Waals surface area contributed by atoms with Crippen molar-refractivity contribution in [1.29, 1.82) is 0 Å². The first kappa shape index (κ1) is 8.53. The first-order chi connectivity index (χ1) is 6.36. The number of carbonyl (C=O) groups excluding carboxylic acids is 2. The molecule has 2 saturated carbocycles. The summed E-state index contributed by atoms with van der Waals surface area (Å²) >= 11 is 0. The van der Waals surface area contributed by atoms with Crippen LogP contribution in [0.2, 0.25) is 0 Å². The second kappa shape index (κ2) is 3.36. The van der Waals surface area contributed by atoms with Gasteiger partial charge in [0.25, 0.3) is 12.9 Å². The molecule has 0 radical (unpaired) electrons. The maximum absolute atomic E-state index is 10.2. The van der Waals surface area contributed by atoms with E-state index in [4.69, 9.17) is 9.47 Å². The first-order valence-corrected chi connectivity index (χ1v) is 4.55. The number of ether oxygens (including phenoxy) is 2. The molecule has 2 fully saturated rings. The third kappa shape index (κ3) is 1.30. The molecule has 4 atom stereocenters. The lowest BCUT2D eigenvalue weighted by atomic mass is 9.95. The highest BCUT2D eigenvalue weighted by Gasteiger charge is 2.50. The topological polar surface area (TPSA) is 52.6 Å². The summed E-state index contributed by atoms with van der Waals surface area (Å²) < 4.78 is 9.87. The Balaban J connectivity index is 2.05. The number of fused-ring (bicyclic) bond motifs is 2. The minimum absolute atomic E-state index is 0.193. The lowest BCUT2D eigenvalue weighted by Crippen LogP contribution is -2.36. The predicted octanol–water partition coefficient (Wildman–Crippen LogP) is 0.500. The van der Waals surface area contributed by atoms with Crippen LogP contribution >= 0.6 is 0 Å². The average Bonchev–Trinajstić information content (AvgIpc) is 2.69. The van der Waals surface area contributed by atoms with Gasteiger partial charge in [-0.15, -0.1) is 0 Å². The molecule has 0 heterocycles. The fourth-order valence-corrected chi connectivity index (χ4v) is 2.69. The van der Waals surface area contributed by atoms with Crippen LogP contribution in [0.5, 0.6) is 0 Å². The first-order valence-electron chi connectivity index (χ1n) is 4.55. The van der Waals surface area contributed by atoms with E-state index in [1.807, 2.05) is 0 Å². The van der Waals surface area contributed by atoms with Gasteiger partial charge in [-0.25, -0.2) is 0 Å². The highest BCUT2D eigenvalue weighted by atomic mass is 16.6. The third-order valence-electron chi connectivity index (χ3n) is 3.19. The number of hydrogen-bond acceptors (Lipinski definition) is 4. The van der Waals surface area contributed by atoms with Gasteiger partial charge in [0.05, 0.1) is 0 Å². The van der Waals surface area contributed by atoms with Gasteiger partial charge in [0.15, 0.2) is 0 Å². The molecule has 2 aliphatic carbocycles. The van der Waals surface area contributed by atoms with E-state index in [1.54, 1.807) is 0 Å². The van der Waals surface area contributed by atoms with Crippen molar-refractivity contribution in [3.05, 3.63) is 0 Å². The van der Waals surface area contributed by atoms with Crippen LogP contribution in [-0.2, 0) is 19.1 Å². The minimum Gasteiger partial charge on any atom is -0.460 e. The van der Waals surface area contributed by atoms with E-state index in [2.05, 4.69) is 0 Å². The lowest BCUT2D eigenvalue weighted by molar-refractivity contribution is -0.155. The van der Waals surface area contributed by atoms with Crippen molar-refractivity contribution in [3.8, 4) is 0 Å². The molecule has 0 N–H and O–H groups in total. The van der Waals surface area contributed by atoms with Crippen molar-refractivity contribution in [2.75, 3.05) is 0 Å². The quantitative estimate of drug-likeness (QED) is 0.597. The zero-order valence-electron chi connectivity index (χ0n) is 7.22. The monoisotopic (exact) mass is 184 g/mol. The van der Waals surface area contributed by atoms with E-state index in [0.29, 0.717) is 24.8 Å². The Labute approximate surface area is 76.2 Å². The van der Waals surface area contributed by atoms with Crippen LogP contribution in [-0.4, -0.2) is 25.2 Å². The zero-order valence-corrected chi connectivity index (χ0v) is 7.22. The summed E-state index contributed by atoms with van der Waals surface area (Å²) in [5.41, 5.74) is 0. The SMILES string of the molecule is O=COC1C2CCC(C2)C1OC=O. The predicted molar refractivity (Wildman–Crippen MR) is 42.7 cm³/mol. The fourth-order valence-electron chi connectivity index (χ4n) is 2.69. The Kier molecular flexibility index (Phi) is 2.20. The largest absolute Gasteiger partial charge is 0.460 e. The van der Waals surface area contributed by atoms with Gasteiger partial charge in [0, 0.05) is 11.8 Å². The summed E-state index contributed by atoms with van der Waals surface area (Å²) in [7, 11) is 0. The molecule has 0 spiro atoms. The normalized spacial score (nSPS) is 41.5. The van der Waals surface area contributed by atoms with E-state index in [-0.39, 0.29) is 12.2 Å². The fraction of sp³-hybridized carbons (Fsp3) is 0.778. The van der Waals surface area contributed by atoms with Crippen molar-refractivity contribution in [3.63, 3.8) is 0 Å². The van der Waals surface area contributed by atoms with E-state index in [0.717, 1.165) is 19.3 Å². The van der Waals surface area contributed by atoms with Crippen molar-refractivity contribution in [1.82, 2.24) is 0 Å². The van der Waals surface area contributed by atoms with E-state index in [9.17, 15) is 9.59 Å². The van der Waals surface area contributed by atoms with E-state index >= 15 is 0 Å². The van der Waals surface area contributed by atoms with Gasteiger partial charge in [0.1, 0.15) is 12.2 Å². The second-order valence-electron chi connectivity index (χ2n) is 3.73. The number of rotatable bonds is 4. The summed E-state index contributed by atoms with van der Waals surface area (Å²) in [6.07, 6.45) is 2.81. The lowest BCUT2D eigenvalue weighted by Gasteiger charge is -2.27. The molecule has 2 aliphatic rings. The molecule has 4 unspecified atom stereocenters. The second-order valence-corrected chi connectivity index (χ2v) is 3.73. The number of carbonyl (C=O) groups is 2. The molecule has 0 aromatic carbocycles. The minimum atomic E-state index is -0.193. The van der Waals surface area contributed by atoms with Crippen LogP contribution in [0.4, 0.5) is 0 Å². The Hall–Kier alpha value is -1.06. The molecule has 0 aliphatic heterocycles. The summed E-state index contributed by atoms with van der Waals surface area (Å²) in [5, 5.41) is 0. The van der Waals surface area contributed by atoms with Gasteiger partial charge >= 0.3 is 0 Å². The van der Waals surface area contributed by atoms with Crippen LogP contribution in [0.3, 0.4) is 0 Å². The van der Waals surface area contributed by atoms with Crippen LogP contribution in [0, 0.1) is 11.8 Å². The highest BCUT2D eigenvalue weighted by Crippen LogP contribution is 2.47. The highest BCUT2D eigenvalue weighted by molar-refractivity contribution is 5.40. The van der Waals surface area contributed by atoms with E-state index < -0.39 is 0 Å². The Morgan fingerprint density at radius 2 is 1.38 bits per heavy atom. The summed E-state index contributed by atoms with van der Waals surface area (Å²) in [4.78, 5) is 20.4. The molecular formula is C9H12O4. The van der Waals surface area contributed by atoms with Crippen LogP contribution < -0.4 is 0 Å². The molecule has 4 nitrogen and oxygen atoms in total. The molecule has 4 heteroatoms. The van der Waals surface area contributed by atoms with Crippen LogP contribution in [0.25, 0.3) is 0 Å². The molecule has 0 amide bonds. The van der Waals surface area contributed by atoms with Crippen molar-refractivity contribution in [2.45, 2.75) is 31.5 Å². The standard InChI is InChI=1S/C9H12O4/c10-4-12-8-6-1-2-7(3-6)9(8)13-5-11/h4-9H,1-3H2. The van der Waals surface area contributed by atoms with Gasteiger partial charge in [-0.1, -0.05) is 0 Å². The maximum Gasteiger partial charge on any atom is 0.293 e. The van der Waals surface area contributed by atoms with Gasteiger partial charge in [-0.3, -0.25) is 9.59 Å². The van der Waals surface area contributed by atoms with Gasteiger partial charge in [-0.05, 0) is 19.3 Å². The van der Waals surface area contributed by atoms with Gasteiger partial charge < -0.3 is 9.47 Å². The van der Waals surface area contributed by atoms with Crippen molar-refractivity contribution in [2.24, 2.45) is 11.8 Å². The molecule has 2 bridgehead atoms. The molecule has 0 aromatic rings. The van der Waals surface area contributed by atoms with Crippen molar-refractivity contribution >= 4 is 12.9 Å². The van der Waals surface area contributed by atoms with E-state index in [1.165, 1.54) is 0 Å². The Morgan fingerprint density at radius 3 is 1.77 bits per heavy atom. The smallest absolute Gasteiger partial charge is 0.293 e. The van der Waals surface area contributed by atoms with Crippen molar-refractivity contribution < 1.29 is 19.1 Å². The Bertz CT molecular complexity index is 194. The molecule has 0 aromatic heterocycles. The molecular weight excluding hydrogens is 172 g/mol. The molecule has 13 heavy (non-hydrogen) atoms. The number of hydrogen-bond donors (Lipinski definition) is 0. The molecule has 72 valence electrons. The summed E-state index contributed by atoms with van der Waals surface area (Å²) in [6, 6.07) is 0. The molecule has 0 saturated heterocycles. The summed E-state index contributed by atoms with van der Waals surface area (Å²) in [6.45, 7) is 0.902.